The van der Waals surface area contributed by atoms with Gasteiger partial charge in [-0.15, -0.1) is 0 Å². The van der Waals surface area contributed by atoms with Crippen molar-refractivity contribution < 1.29 is 14.7 Å². The van der Waals surface area contributed by atoms with E-state index in [1.54, 1.807) is 30.3 Å². The Kier molecular flexibility index (Phi) is 5.46. The van der Waals surface area contributed by atoms with E-state index in [1.165, 1.54) is 4.90 Å². The molecular weight excluding hydrogens is 410 g/mol. The summed E-state index contributed by atoms with van der Waals surface area (Å²) in [6.45, 7) is 6.08. The van der Waals surface area contributed by atoms with Crippen LogP contribution < -0.4 is 4.90 Å². The van der Waals surface area contributed by atoms with Gasteiger partial charge in [-0.2, -0.15) is 0 Å². The molecule has 0 spiro atoms. The lowest BCUT2D eigenvalue weighted by Gasteiger charge is -2.23. The molecule has 1 unspecified atom stereocenters. The number of amides is 1. The summed E-state index contributed by atoms with van der Waals surface area (Å²) in [5.41, 5.74) is 3.48. The molecule has 1 atom stereocenters. The van der Waals surface area contributed by atoms with Gasteiger partial charge in [0.2, 0.25) is 0 Å². The molecule has 4 rings (SSSR count). The van der Waals surface area contributed by atoms with Crippen LogP contribution in [0.3, 0.4) is 0 Å². The first-order valence-corrected chi connectivity index (χ1v) is 10.6. The van der Waals surface area contributed by atoms with Gasteiger partial charge in [0.05, 0.1) is 18.7 Å². The molecule has 0 fully saturated rings. The third-order valence-electron chi connectivity index (χ3n) is 6.03. The second-order valence-electron chi connectivity index (χ2n) is 8.25. The summed E-state index contributed by atoms with van der Waals surface area (Å²) in [6.07, 6.45) is -0.307. The summed E-state index contributed by atoms with van der Waals surface area (Å²) < 4.78 is 0. The Balaban J connectivity index is 1.70. The zero-order valence-electron chi connectivity index (χ0n) is 17.8. The maximum Gasteiger partial charge on any atom is 0.264 e. The molecule has 3 aromatic carbocycles. The molecule has 1 heterocycles. The minimum atomic E-state index is -1.91. The van der Waals surface area contributed by atoms with Gasteiger partial charge in [0.1, 0.15) is 0 Å². The van der Waals surface area contributed by atoms with Gasteiger partial charge in [-0.1, -0.05) is 48.0 Å². The van der Waals surface area contributed by atoms with Crippen LogP contribution in [0.25, 0.3) is 0 Å². The van der Waals surface area contributed by atoms with Crippen LogP contribution in [0.15, 0.2) is 60.7 Å². The van der Waals surface area contributed by atoms with Crippen LogP contribution in [-0.2, 0) is 16.9 Å². The molecule has 158 valence electrons. The first-order chi connectivity index (χ1) is 14.7. The van der Waals surface area contributed by atoms with Gasteiger partial charge >= 0.3 is 0 Å². The average molecular weight is 434 g/mol. The number of aryl methyl sites for hydroxylation is 3. The number of carbonyl (C=O) groups is 2. The summed E-state index contributed by atoms with van der Waals surface area (Å²) in [7, 11) is 0. The minimum absolute atomic E-state index is 0.254. The van der Waals surface area contributed by atoms with E-state index in [1.807, 2.05) is 51.1 Å². The number of hydrogen-bond donors (Lipinski definition) is 1. The number of hydrogen-bond acceptors (Lipinski definition) is 3. The molecule has 1 aliphatic rings. The van der Waals surface area contributed by atoms with Gasteiger partial charge in [0.25, 0.3) is 5.91 Å². The van der Waals surface area contributed by atoms with Crippen LogP contribution in [0.1, 0.15) is 44.6 Å². The Labute approximate surface area is 187 Å². The lowest BCUT2D eigenvalue weighted by molar-refractivity contribution is -0.136. The normalized spacial score (nSPS) is 17.7. The zero-order chi connectivity index (χ0) is 22.3. The highest BCUT2D eigenvalue weighted by Crippen LogP contribution is 2.43. The standard InChI is InChI=1S/C26H24ClNO3/c1-16-11-18(3)21(12-17(16)2)24(29)14-26(31)22-9-4-5-10-23(22)28(25(26)30)15-19-7-6-8-20(27)13-19/h4-13,31H,14-15H2,1-3H3. The Bertz CT molecular complexity index is 1200. The lowest BCUT2D eigenvalue weighted by Crippen LogP contribution is -2.41. The van der Waals surface area contributed by atoms with Crippen molar-refractivity contribution in [1.29, 1.82) is 0 Å². The molecule has 1 aliphatic heterocycles. The third kappa shape index (κ3) is 3.78. The summed E-state index contributed by atoms with van der Waals surface area (Å²) in [4.78, 5) is 28.2. The third-order valence-corrected chi connectivity index (χ3v) is 6.26. The van der Waals surface area contributed by atoms with E-state index in [-0.39, 0.29) is 18.7 Å². The van der Waals surface area contributed by atoms with Gasteiger partial charge in [-0.3, -0.25) is 9.59 Å². The average Bonchev–Trinajstić information content (AvgIpc) is 2.93. The smallest absolute Gasteiger partial charge is 0.264 e. The summed E-state index contributed by atoms with van der Waals surface area (Å²) >= 11 is 6.10. The lowest BCUT2D eigenvalue weighted by atomic mass is 9.86. The molecule has 5 heteroatoms. The molecule has 0 radical (unpaired) electrons. The zero-order valence-corrected chi connectivity index (χ0v) is 18.5. The number of fused-ring (bicyclic) bond motifs is 1. The van der Waals surface area contributed by atoms with E-state index in [4.69, 9.17) is 11.6 Å². The van der Waals surface area contributed by atoms with E-state index < -0.39 is 11.5 Å². The van der Waals surface area contributed by atoms with Crippen molar-refractivity contribution in [3.8, 4) is 0 Å². The van der Waals surface area contributed by atoms with E-state index in [9.17, 15) is 14.7 Å². The van der Waals surface area contributed by atoms with Crippen molar-refractivity contribution in [2.24, 2.45) is 0 Å². The maximum absolute atomic E-state index is 13.4. The fourth-order valence-electron chi connectivity index (χ4n) is 4.24. The number of halogens is 1. The summed E-state index contributed by atoms with van der Waals surface area (Å²) in [6, 6.07) is 18.2. The Morgan fingerprint density at radius 3 is 2.42 bits per heavy atom. The van der Waals surface area contributed by atoms with Crippen molar-refractivity contribution in [2.45, 2.75) is 39.3 Å². The largest absolute Gasteiger partial charge is 0.375 e. The van der Waals surface area contributed by atoms with Gasteiger partial charge in [0.15, 0.2) is 11.4 Å². The van der Waals surface area contributed by atoms with E-state index >= 15 is 0 Å². The van der Waals surface area contributed by atoms with Crippen molar-refractivity contribution in [2.75, 3.05) is 4.90 Å². The number of benzene rings is 3. The molecule has 0 aromatic heterocycles. The van der Waals surface area contributed by atoms with Crippen molar-refractivity contribution in [1.82, 2.24) is 0 Å². The molecule has 1 amide bonds. The van der Waals surface area contributed by atoms with Crippen LogP contribution in [0.5, 0.6) is 0 Å². The highest BCUT2D eigenvalue weighted by Gasteiger charge is 2.50. The van der Waals surface area contributed by atoms with Gasteiger partial charge in [-0.25, -0.2) is 0 Å². The predicted molar refractivity (Wildman–Crippen MR) is 123 cm³/mol. The number of nitrogens with zero attached hydrogens (tertiary/aromatic N) is 1. The van der Waals surface area contributed by atoms with Crippen LogP contribution in [-0.4, -0.2) is 16.8 Å². The van der Waals surface area contributed by atoms with Crippen molar-refractivity contribution >= 4 is 29.0 Å². The molecule has 0 aliphatic carbocycles. The van der Waals surface area contributed by atoms with Gasteiger partial charge in [0, 0.05) is 16.1 Å². The highest BCUT2D eigenvalue weighted by molar-refractivity contribution is 6.30. The van der Waals surface area contributed by atoms with Crippen LogP contribution in [0.2, 0.25) is 5.02 Å². The van der Waals surface area contributed by atoms with Crippen LogP contribution in [0, 0.1) is 20.8 Å². The molecular formula is C26H24ClNO3. The Morgan fingerprint density at radius 2 is 1.68 bits per heavy atom. The minimum Gasteiger partial charge on any atom is -0.375 e. The molecule has 0 bridgehead atoms. The van der Waals surface area contributed by atoms with Crippen molar-refractivity contribution in [3.63, 3.8) is 0 Å². The fourth-order valence-corrected chi connectivity index (χ4v) is 4.45. The maximum atomic E-state index is 13.4. The van der Waals surface area contributed by atoms with Gasteiger partial charge < -0.3 is 10.0 Å². The molecule has 3 aromatic rings. The SMILES string of the molecule is Cc1cc(C)c(C(=O)CC2(O)C(=O)N(Cc3cccc(Cl)c3)c3ccccc32)cc1C. The number of carbonyl (C=O) groups excluding carboxylic acids is 2. The molecule has 31 heavy (non-hydrogen) atoms. The van der Waals surface area contributed by atoms with E-state index in [2.05, 4.69) is 0 Å². The highest BCUT2D eigenvalue weighted by atomic mass is 35.5. The second kappa shape index (κ2) is 7.95. The first kappa shape index (κ1) is 21.3. The number of aliphatic hydroxyl groups is 1. The second-order valence-corrected chi connectivity index (χ2v) is 8.69. The molecule has 1 N–H and O–H groups in total. The first-order valence-electron chi connectivity index (χ1n) is 10.2. The van der Waals surface area contributed by atoms with E-state index in [0.717, 1.165) is 22.3 Å². The molecule has 0 saturated carbocycles. The fraction of sp³-hybridized carbons (Fsp3) is 0.231. The van der Waals surface area contributed by atoms with Crippen LogP contribution >= 0.6 is 11.6 Å². The monoisotopic (exact) mass is 433 g/mol. The number of anilines is 1. The molecule has 4 nitrogen and oxygen atoms in total. The van der Waals surface area contributed by atoms with E-state index in [0.29, 0.717) is 21.8 Å². The number of rotatable bonds is 5. The summed E-state index contributed by atoms with van der Waals surface area (Å²) in [5.74, 6) is -0.751. The molecule has 0 saturated heterocycles. The number of para-hydroxylation sites is 1. The van der Waals surface area contributed by atoms with Crippen molar-refractivity contribution in [3.05, 3.63) is 99.1 Å². The number of ketones is 1. The number of Topliss-reactive ketones (excluding diaryl/α,β-unsaturated/α-hetero) is 1. The summed E-state index contributed by atoms with van der Waals surface area (Å²) in [5, 5.41) is 12.1. The predicted octanol–water partition coefficient (Wildman–Crippen LogP) is 5.27. The topological polar surface area (TPSA) is 57.6 Å². The quantitative estimate of drug-likeness (QED) is 0.557. The van der Waals surface area contributed by atoms with Gasteiger partial charge in [-0.05, 0) is 67.3 Å². The Morgan fingerprint density at radius 1 is 0.968 bits per heavy atom. The van der Waals surface area contributed by atoms with Crippen LogP contribution in [0.4, 0.5) is 5.69 Å². The Hall–Kier alpha value is -2.95.